The molecule has 0 saturated carbocycles. The molecule has 0 spiro atoms. The highest BCUT2D eigenvalue weighted by Gasteiger charge is 2.39. The van der Waals surface area contributed by atoms with E-state index in [-0.39, 0.29) is 11.0 Å². The number of nitrogens with zero attached hydrogens (tertiary/aromatic N) is 1. The highest BCUT2D eigenvalue weighted by Crippen LogP contribution is 2.51. The topological polar surface area (TPSA) is 42.0 Å². The van der Waals surface area contributed by atoms with E-state index in [0.717, 1.165) is 30.5 Å². The molecule has 5 heteroatoms. The van der Waals surface area contributed by atoms with Crippen LogP contribution in [0.4, 0.5) is 14.5 Å². The van der Waals surface area contributed by atoms with Gasteiger partial charge in [0.2, 0.25) is 0 Å². The zero-order chi connectivity index (χ0) is 18.9. The first-order valence-corrected chi connectivity index (χ1v) is 9.09. The maximum absolute atomic E-state index is 13.2. The highest BCUT2D eigenvalue weighted by molar-refractivity contribution is 6.05. The summed E-state index contributed by atoms with van der Waals surface area (Å²) in [6.07, 6.45) is 1.53. The third-order valence-electron chi connectivity index (χ3n) is 5.67. The molecule has 0 saturated heterocycles. The predicted molar refractivity (Wildman–Crippen MR) is 98.9 cm³/mol. The van der Waals surface area contributed by atoms with E-state index in [4.69, 9.17) is 0 Å². The van der Waals surface area contributed by atoms with Gasteiger partial charge in [0.05, 0.1) is 5.56 Å². The molecule has 2 unspecified atom stereocenters. The van der Waals surface area contributed by atoms with Crippen LogP contribution in [0, 0.1) is 0 Å². The SMILES string of the molecule is CCC1CC(C)(CC)c2cccc(NC(=O)c3cccnc3C(F)F)c21. The third-order valence-corrected chi connectivity index (χ3v) is 5.67. The minimum atomic E-state index is -2.79. The van der Waals surface area contributed by atoms with Crippen molar-refractivity contribution >= 4 is 11.6 Å². The molecular weight excluding hydrogens is 334 g/mol. The Morgan fingerprint density at radius 2 is 2.08 bits per heavy atom. The number of aromatic nitrogens is 1. The molecule has 1 aliphatic carbocycles. The lowest BCUT2D eigenvalue weighted by atomic mass is 9.81. The number of halogens is 2. The largest absolute Gasteiger partial charge is 0.322 e. The van der Waals surface area contributed by atoms with Crippen molar-refractivity contribution in [3.63, 3.8) is 0 Å². The summed E-state index contributed by atoms with van der Waals surface area (Å²) in [6.45, 7) is 6.57. The number of anilines is 1. The molecule has 2 aromatic rings. The van der Waals surface area contributed by atoms with E-state index in [0.29, 0.717) is 5.92 Å². The lowest BCUT2D eigenvalue weighted by molar-refractivity contribution is 0.100. The van der Waals surface area contributed by atoms with Crippen molar-refractivity contribution < 1.29 is 13.6 Å². The first-order valence-electron chi connectivity index (χ1n) is 9.09. The molecule has 3 rings (SSSR count). The van der Waals surface area contributed by atoms with E-state index in [2.05, 4.69) is 37.1 Å². The van der Waals surface area contributed by atoms with Crippen LogP contribution in [0.1, 0.15) is 79.6 Å². The van der Waals surface area contributed by atoms with Crippen LogP contribution in [-0.4, -0.2) is 10.9 Å². The zero-order valence-corrected chi connectivity index (χ0v) is 15.4. The summed E-state index contributed by atoms with van der Waals surface area (Å²) in [5.41, 5.74) is 2.65. The van der Waals surface area contributed by atoms with Crippen molar-refractivity contribution in [2.45, 2.75) is 57.8 Å². The number of carbonyl (C=O) groups is 1. The number of rotatable bonds is 5. The van der Waals surface area contributed by atoms with Gasteiger partial charge in [0.25, 0.3) is 12.3 Å². The normalized spacial score (nSPS) is 21.7. The second-order valence-corrected chi connectivity index (χ2v) is 7.18. The molecular formula is C21H24F2N2O. The number of benzene rings is 1. The molecule has 1 N–H and O–H groups in total. The van der Waals surface area contributed by atoms with Gasteiger partial charge in [-0.05, 0) is 59.9 Å². The predicted octanol–water partition coefficient (Wildman–Crippen LogP) is 5.84. The molecule has 0 bridgehead atoms. The maximum Gasteiger partial charge on any atom is 0.281 e. The number of nitrogens with one attached hydrogen (secondary N) is 1. The van der Waals surface area contributed by atoms with Crippen LogP contribution in [0.25, 0.3) is 0 Å². The maximum atomic E-state index is 13.2. The molecule has 0 fully saturated rings. The zero-order valence-electron chi connectivity index (χ0n) is 15.4. The molecule has 0 radical (unpaired) electrons. The van der Waals surface area contributed by atoms with Crippen LogP contribution in [-0.2, 0) is 5.41 Å². The Bertz CT molecular complexity index is 821. The molecule has 138 valence electrons. The summed E-state index contributed by atoms with van der Waals surface area (Å²) in [7, 11) is 0. The monoisotopic (exact) mass is 358 g/mol. The fourth-order valence-corrected chi connectivity index (χ4v) is 4.05. The van der Waals surface area contributed by atoms with Gasteiger partial charge in [0.1, 0.15) is 5.69 Å². The molecule has 1 amide bonds. The molecule has 3 nitrogen and oxygen atoms in total. The number of fused-ring (bicyclic) bond motifs is 1. The molecule has 1 aliphatic rings. The van der Waals surface area contributed by atoms with Crippen molar-refractivity contribution in [2.24, 2.45) is 0 Å². The Kier molecular flexibility index (Phi) is 5.08. The lowest BCUT2D eigenvalue weighted by Gasteiger charge is -2.24. The van der Waals surface area contributed by atoms with Gasteiger partial charge >= 0.3 is 0 Å². The second-order valence-electron chi connectivity index (χ2n) is 7.18. The van der Waals surface area contributed by atoms with E-state index >= 15 is 0 Å². The van der Waals surface area contributed by atoms with Crippen molar-refractivity contribution in [3.8, 4) is 0 Å². The number of hydrogen-bond donors (Lipinski definition) is 1. The van der Waals surface area contributed by atoms with Crippen LogP contribution < -0.4 is 5.32 Å². The Morgan fingerprint density at radius 1 is 1.31 bits per heavy atom. The smallest absolute Gasteiger partial charge is 0.281 e. The first-order chi connectivity index (χ1) is 12.4. The molecule has 26 heavy (non-hydrogen) atoms. The van der Waals surface area contributed by atoms with Crippen LogP contribution in [0.5, 0.6) is 0 Å². The van der Waals surface area contributed by atoms with Gasteiger partial charge in [-0.1, -0.05) is 32.9 Å². The van der Waals surface area contributed by atoms with Crippen LogP contribution in [0.2, 0.25) is 0 Å². The molecule has 0 aliphatic heterocycles. The van der Waals surface area contributed by atoms with Gasteiger partial charge in [0.15, 0.2) is 0 Å². The van der Waals surface area contributed by atoms with Crippen LogP contribution in [0.3, 0.4) is 0 Å². The van der Waals surface area contributed by atoms with Crippen molar-refractivity contribution in [2.75, 3.05) is 5.32 Å². The van der Waals surface area contributed by atoms with E-state index in [1.165, 1.54) is 23.9 Å². The van der Waals surface area contributed by atoms with Crippen LogP contribution >= 0.6 is 0 Å². The summed E-state index contributed by atoms with van der Waals surface area (Å²) in [5, 5.41) is 2.87. The summed E-state index contributed by atoms with van der Waals surface area (Å²) < 4.78 is 26.3. The first kappa shape index (κ1) is 18.5. The quantitative estimate of drug-likeness (QED) is 0.730. The minimum Gasteiger partial charge on any atom is -0.322 e. The Hall–Kier alpha value is -2.30. The van der Waals surface area contributed by atoms with E-state index < -0.39 is 18.0 Å². The van der Waals surface area contributed by atoms with Gasteiger partial charge in [-0.15, -0.1) is 0 Å². The van der Waals surface area contributed by atoms with Gasteiger partial charge in [-0.3, -0.25) is 9.78 Å². The number of amides is 1. The summed E-state index contributed by atoms with van der Waals surface area (Å²) >= 11 is 0. The Morgan fingerprint density at radius 3 is 2.73 bits per heavy atom. The molecule has 2 atom stereocenters. The van der Waals surface area contributed by atoms with E-state index in [1.54, 1.807) is 0 Å². The van der Waals surface area contributed by atoms with Gasteiger partial charge in [-0.25, -0.2) is 8.78 Å². The Labute approximate surface area is 152 Å². The lowest BCUT2D eigenvalue weighted by Crippen LogP contribution is -2.18. The fourth-order valence-electron chi connectivity index (χ4n) is 4.05. The summed E-state index contributed by atoms with van der Waals surface area (Å²) in [4.78, 5) is 16.4. The van der Waals surface area contributed by atoms with Crippen molar-refractivity contribution in [3.05, 3.63) is 58.9 Å². The average Bonchev–Trinajstić information content (AvgIpc) is 2.95. The van der Waals surface area contributed by atoms with Crippen LogP contribution in [0.15, 0.2) is 36.5 Å². The van der Waals surface area contributed by atoms with Gasteiger partial charge in [0, 0.05) is 11.9 Å². The highest BCUT2D eigenvalue weighted by atomic mass is 19.3. The average molecular weight is 358 g/mol. The van der Waals surface area contributed by atoms with Crippen molar-refractivity contribution in [1.82, 2.24) is 4.98 Å². The molecule has 1 heterocycles. The van der Waals surface area contributed by atoms with Gasteiger partial charge in [-0.2, -0.15) is 0 Å². The molecule has 1 aromatic carbocycles. The Balaban J connectivity index is 1.99. The standard InChI is InChI=1S/C21H24F2N2O/c1-4-13-12-21(3,5-2)15-9-6-10-16(17(13)15)25-20(26)14-8-7-11-24-18(14)19(22)23/h6-11,13,19H,4-5,12H2,1-3H3,(H,25,26). The number of alkyl halides is 2. The summed E-state index contributed by atoms with van der Waals surface area (Å²) in [6, 6.07) is 8.80. The number of pyridine rings is 1. The van der Waals surface area contributed by atoms with Gasteiger partial charge < -0.3 is 5.32 Å². The third kappa shape index (κ3) is 3.11. The number of carbonyl (C=O) groups excluding carboxylic acids is 1. The van der Waals surface area contributed by atoms with Crippen molar-refractivity contribution in [1.29, 1.82) is 0 Å². The minimum absolute atomic E-state index is 0.0793. The van der Waals surface area contributed by atoms with E-state index in [1.807, 2.05) is 12.1 Å². The number of hydrogen-bond acceptors (Lipinski definition) is 2. The summed E-state index contributed by atoms with van der Waals surface area (Å²) in [5.74, 6) is -0.184. The second kappa shape index (κ2) is 7.14. The molecule has 1 aromatic heterocycles. The van der Waals surface area contributed by atoms with E-state index in [9.17, 15) is 13.6 Å². The fraction of sp³-hybridized carbons (Fsp3) is 0.429.